The van der Waals surface area contributed by atoms with E-state index >= 15 is 0 Å². The van der Waals surface area contributed by atoms with Crippen molar-refractivity contribution in [3.8, 4) is 0 Å². The van der Waals surface area contributed by atoms with E-state index in [-0.39, 0.29) is 5.97 Å². The number of esters is 1. The first-order valence-electron chi connectivity index (χ1n) is 9.25. The van der Waals surface area contributed by atoms with Crippen LogP contribution in [0.2, 0.25) is 0 Å². The van der Waals surface area contributed by atoms with Crippen LogP contribution in [0.1, 0.15) is 76.2 Å². The highest BCUT2D eigenvalue weighted by Gasteiger charge is 2.28. The van der Waals surface area contributed by atoms with Gasteiger partial charge in [-0.05, 0) is 31.2 Å². The van der Waals surface area contributed by atoms with Crippen LogP contribution >= 0.6 is 11.8 Å². The molecule has 134 valence electrons. The molecule has 1 aromatic rings. The van der Waals surface area contributed by atoms with E-state index in [1.165, 1.54) is 49.0 Å². The molecule has 1 aromatic heterocycles. The molecule has 1 aliphatic rings. The maximum Gasteiger partial charge on any atom is 0.306 e. The van der Waals surface area contributed by atoms with E-state index in [2.05, 4.69) is 11.9 Å². The predicted octanol–water partition coefficient (Wildman–Crippen LogP) is 4.93. The van der Waals surface area contributed by atoms with Crippen LogP contribution in [-0.2, 0) is 9.53 Å². The van der Waals surface area contributed by atoms with E-state index in [0.717, 1.165) is 18.6 Å². The van der Waals surface area contributed by atoms with Crippen LogP contribution in [0.3, 0.4) is 0 Å². The summed E-state index contributed by atoms with van der Waals surface area (Å²) >= 11 is 1.69. The highest BCUT2D eigenvalue weighted by Crippen LogP contribution is 2.46. The standard InChI is InChI=1S/C19H30N2O2S/c1-2-3-4-5-6-7-13-23-17(22)11-14-24-16-10-12-21-19(20)18(16)15-8-9-15/h10,12,15H,2-9,11,13-14H2,1H3,(H2,20,21). The van der Waals surface area contributed by atoms with Gasteiger partial charge < -0.3 is 10.5 Å². The summed E-state index contributed by atoms with van der Waals surface area (Å²) in [4.78, 5) is 17.2. The molecule has 4 nitrogen and oxygen atoms in total. The minimum absolute atomic E-state index is 0.0916. The van der Waals surface area contributed by atoms with Gasteiger partial charge in [-0.25, -0.2) is 4.98 Å². The van der Waals surface area contributed by atoms with Crippen LogP contribution in [0.4, 0.5) is 5.82 Å². The van der Waals surface area contributed by atoms with Gasteiger partial charge in [0.2, 0.25) is 0 Å². The fourth-order valence-electron chi connectivity index (χ4n) is 2.76. The lowest BCUT2D eigenvalue weighted by atomic mass is 10.1. The van der Waals surface area contributed by atoms with Gasteiger partial charge in [0.25, 0.3) is 0 Å². The third-order valence-electron chi connectivity index (χ3n) is 4.29. The maximum atomic E-state index is 11.8. The Morgan fingerprint density at radius 1 is 1.29 bits per heavy atom. The number of hydrogen-bond donors (Lipinski definition) is 1. The van der Waals surface area contributed by atoms with Gasteiger partial charge in [-0.2, -0.15) is 0 Å². The number of hydrogen-bond acceptors (Lipinski definition) is 5. The van der Waals surface area contributed by atoms with Crippen molar-refractivity contribution in [2.45, 2.75) is 75.5 Å². The summed E-state index contributed by atoms with van der Waals surface area (Å²) in [6.07, 6.45) is 11.8. The minimum atomic E-state index is -0.0916. The monoisotopic (exact) mass is 350 g/mol. The number of carbonyl (C=O) groups excluding carboxylic acids is 1. The lowest BCUT2D eigenvalue weighted by Gasteiger charge is -2.10. The van der Waals surface area contributed by atoms with Gasteiger partial charge in [-0.3, -0.25) is 4.79 Å². The fourth-order valence-corrected chi connectivity index (χ4v) is 3.84. The lowest BCUT2D eigenvalue weighted by molar-refractivity contribution is -0.143. The normalized spacial score (nSPS) is 13.9. The van der Waals surface area contributed by atoms with Gasteiger partial charge in [-0.1, -0.05) is 39.0 Å². The Bertz CT molecular complexity index is 518. The zero-order valence-corrected chi connectivity index (χ0v) is 15.6. The number of carbonyl (C=O) groups is 1. The molecule has 2 rings (SSSR count). The van der Waals surface area contributed by atoms with Crippen molar-refractivity contribution in [2.24, 2.45) is 0 Å². The SMILES string of the molecule is CCCCCCCCOC(=O)CCSc1ccnc(N)c1C1CC1. The van der Waals surface area contributed by atoms with E-state index < -0.39 is 0 Å². The van der Waals surface area contributed by atoms with Crippen molar-refractivity contribution in [1.82, 2.24) is 4.98 Å². The van der Waals surface area contributed by atoms with Gasteiger partial charge in [0.05, 0.1) is 13.0 Å². The molecule has 0 spiro atoms. The van der Waals surface area contributed by atoms with Crippen molar-refractivity contribution in [3.63, 3.8) is 0 Å². The molecule has 1 saturated carbocycles. The highest BCUT2D eigenvalue weighted by molar-refractivity contribution is 7.99. The second-order valence-electron chi connectivity index (χ2n) is 6.47. The molecule has 0 unspecified atom stereocenters. The molecule has 0 saturated heterocycles. The largest absolute Gasteiger partial charge is 0.466 e. The number of unbranched alkanes of at least 4 members (excludes halogenated alkanes) is 5. The molecule has 5 heteroatoms. The average Bonchev–Trinajstić information content (AvgIpc) is 3.39. The van der Waals surface area contributed by atoms with Crippen LogP contribution in [0.25, 0.3) is 0 Å². The quantitative estimate of drug-likeness (QED) is 0.329. The minimum Gasteiger partial charge on any atom is -0.466 e. The lowest BCUT2D eigenvalue weighted by Crippen LogP contribution is -2.07. The molecule has 2 N–H and O–H groups in total. The van der Waals surface area contributed by atoms with Gasteiger partial charge >= 0.3 is 5.97 Å². The highest BCUT2D eigenvalue weighted by atomic mass is 32.2. The van der Waals surface area contributed by atoms with E-state index in [1.54, 1.807) is 18.0 Å². The zero-order valence-electron chi connectivity index (χ0n) is 14.8. The molecule has 1 fully saturated rings. The van der Waals surface area contributed by atoms with Gasteiger partial charge in [0.15, 0.2) is 0 Å². The number of thioether (sulfide) groups is 1. The molecule has 0 atom stereocenters. The maximum absolute atomic E-state index is 11.8. The molecule has 0 radical (unpaired) electrons. The van der Waals surface area contributed by atoms with Gasteiger partial charge in [0.1, 0.15) is 5.82 Å². The number of nitrogen functional groups attached to an aromatic ring is 1. The Kier molecular flexibility index (Phi) is 8.43. The second kappa shape index (κ2) is 10.6. The third-order valence-corrected chi connectivity index (χ3v) is 5.37. The number of nitrogens with two attached hydrogens (primary N) is 1. The first-order chi connectivity index (χ1) is 11.7. The van der Waals surface area contributed by atoms with Gasteiger partial charge in [0, 0.05) is 22.4 Å². The Balaban J connectivity index is 1.59. The topological polar surface area (TPSA) is 65.2 Å². The fraction of sp³-hybridized carbons (Fsp3) is 0.684. The summed E-state index contributed by atoms with van der Waals surface area (Å²) in [7, 11) is 0. The summed E-state index contributed by atoms with van der Waals surface area (Å²) in [5.74, 6) is 1.86. The van der Waals surface area contributed by atoms with Crippen molar-refractivity contribution in [2.75, 3.05) is 18.1 Å². The molecular formula is C19H30N2O2S. The van der Waals surface area contributed by atoms with E-state index in [0.29, 0.717) is 24.8 Å². The van der Waals surface area contributed by atoms with Crippen molar-refractivity contribution < 1.29 is 9.53 Å². The van der Waals surface area contributed by atoms with Gasteiger partial charge in [-0.15, -0.1) is 11.8 Å². The van der Waals surface area contributed by atoms with Crippen molar-refractivity contribution >= 4 is 23.5 Å². The summed E-state index contributed by atoms with van der Waals surface area (Å²) in [6, 6.07) is 2.01. The second-order valence-corrected chi connectivity index (χ2v) is 7.61. The Labute approximate surface area is 149 Å². The molecule has 24 heavy (non-hydrogen) atoms. The summed E-state index contributed by atoms with van der Waals surface area (Å²) in [5, 5.41) is 0. The Morgan fingerprint density at radius 3 is 2.79 bits per heavy atom. The number of anilines is 1. The molecule has 1 heterocycles. The molecule has 1 aliphatic carbocycles. The van der Waals surface area contributed by atoms with E-state index in [9.17, 15) is 4.79 Å². The Hall–Kier alpha value is -1.23. The van der Waals surface area contributed by atoms with E-state index in [4.69, 9.17) is 10.5 Å². The van der Waals surface area contributed by atoms with Crippen molar-refractivity contribution in [3.05, 3.63) is 17.8 Å². The summed E-state index contributed by atoms with van der Waals surface area (Å²) in [6.45, 7) is 2.78. The van der Waals surface area contributed by atoms with Crippen molar-refractivity contribution in [1.29, 1.82) is 0 Å². The molecule has 0 amide bonds. The van der Waals surface area contributed by atoms with Crippen LogP contribution in [-0.4, -0.2) is 23.3 Å². The number of ether oxygens (including phenoxy) is 1. The predicted molar refractivity (Wildman–Crippen MR) is 100 cm³/mol. The van der Waals surface area contributed by atoms with Crippen LogP contribution in [0.5, 0.6) is 0 Å². The van der Waals surface area contributed by atoms with Crippen LogP contribution < -0.4 is 5.73 Å². The zero-order chi connectivity index (χ0) is 17.2. The smallest absolute Gasteiger partial charge is 0.306 e. The molecule has 0 aromatic carbocycles. The summed E-state index contributed by atoms with van der Waals surface area (Å²) in [5.41, 5.74) is 7.19. The number of nitrogens with zero attached hydrogens (tertiary/aromatic N) is 1. The first-order valence-corrected chi connectivity index (χ1v) is 10.2. The van der Waals surface area contributed by atoms with E-state index in [1.807, 2.05) is 6.07 Å². The third kappa shape index (κ3) is 6.71. The summed E-state index contributed by atoms with van der Waals surface area (Å²) < 4.78 is 5.31. The van der Waals surface area contributed by atoms with Crippen LogP contribution in [0, 0.1) is 0 Å². The number of aromatic nitrogens is 1. The van der Waals surface area contributed by atoms with Crippen LogP contribution in [0.15, 0.2) is 17.2 Å². The molecule has 0 bridgehead atoms. The molecular weight excluding hydrogens is 320 g/mol. The Morgan fingerprint density at radius 2 is 2.04 bits per heavy atom. The average molecular weight is 351 g/mol. The molecule has 0 aliphatic heterocycles. The first kappa shape index (κ1) is 19.1. The number of rotatable bonds is 12. The number of pyridine rings is 1.